The normalized spacial score (nSPS) is 12.2. The summed E-state index contributed by atoms with van der Waals surface area (Å²) in [7, 11) is -8.07. The fourth-order valence-corrected chi connectivity index (χ4v) is 4.27. The Balaban J connectivity index is 2.46. The van der Waals surface area contributed by atoms with Crippen molar-refractivity contribution in [1.29, 1.82) is 0 Å². The van der Waals surface area contributed by atoms with E-state index in [9.17, 15) is 16.8 Å². The highest BCUT2D eigenvalue weighted by Crippen LogP contribution is 2.32. The topological polar surface area (TPSA) is 106 Å². The van der Waals surface area contributed by atoms with E-state index in [2.05, 4.69) is 4.72 Å². The van der Waals surface area contributed by atoms with Crippen LogP contribution >= 0.6 is 34.8 Å². The van der Waals surface area contributed by atoms with Crippen molar-refractivity contribution in [3.8, 4) is 0 Å². The summed E-state index contributed by atoms with van der Waals surface area (Å²) in [5.74, 6) is 0. The molecule has 2 aromatic carbocycles. The molecule has 0 aliphatic carbocycles. The van der Waals surface area contributed by atoms with Gasteiger partial charge in [0.1, 0.15) is 4.90 Å². The minimum Gasteiger partial charge on any atom is -0.280 e. The predicted octanol–water partition coefficient (Wildman–Crippen LogP) is 3.10. The summed E-state index contributed by atoms with van der Waals surface area (Å²) >= 11 is 17.4. The Labute approximate surface area is 148 Å². The van der Waals surface area contributed by atoms with Gasteiger partial charge in [-0.3, -0.25) is 4.72 Å². The van der Waals surface area contributed by atoms with Gasteiger partial charge in [-0.2, -0.15) is 0 Å². The Hall–Kier alpha value is -1.03. The molecular weight excluding hydrogens is 407 g/mol. The molecule has 0 fully saturated rings. The van der Waals surface area contributed by atoms with Gasteiger partial charge in [-0.15, -0.1) is 0 Å². The van der Waals surface area contributed by atoms with E-state index in [1.54, 1.807) is 0 Å². The number of anilines is 1. The lowest BCUT2D eigenvalue weighted by Gasteiger charge is -2.11. The molecule has 2 rings (SSSR count). The van der Waals surface area contributed by atoms with Crippen LogP contribution in [0.15, 0.2) is 46.2 Å². The largest absolute Gasteiger partial charge is 0.280 e. The summed E-state index contributed by atoms with van der Waals surface area (Å²) in [5.41, 5.74) is -0.00124. The van der Waals surface area contributed by atoms with Gasteiger partial charge in [-0.05, 0) is 30.3 Å². The standard InChI is InChI=1S/C12H9Cl3N2O4S2/c13-9-5-11(15)12(6-10(9)14)23(20,21)17-7-2-1-3-8(4-7)22(16,18)19/h1-6,17H,(H2,16,18,19). The van der Waals surface area contributed by atoms with E-state index in [-0.39, 0.29) is 30.5 Å². The number of nitrogens with one attached hydrogen (secondary N) is 1. The van der Waals surface area contributed by atoms with Crippen LogP contribution < -0.4 is 9.86 Å². The molecule has 0 aromatic heterocycles. The Bertz CT molecular complexity index is 976. The molecule has 0 unspecified atom stereocenters. The van der Waals surface area contributed by atoms with Crippen molar-refractivity contribution in [3.63, 3.8) is 0 Å². The van der Waals surface area contributed by atoms with E-state index in [4.69, 9.17) is 39.9 Å². The van der Waals surface area contributed by atoms with Gasteiger partial charge in [0.15, 0.2) is 0 Å². The lowest BCUT2D eigenvalue weighted by Crippen LogP contribution is -2.15. The van der Waals surface area contributed by atoms with Gasteiger partial charge < -0.3 is 0 Å². The number of rotatable bonds is 4. The molecular formula is C12H9Cl3N2O4S2. The summed E-state index contributed by atoms with van der Waals surface area (Å²) in [6, 6.07) is 7.31. The van der Waals surface area contributed by atoms with Crippen LogP contribution in [0.5, 0.6) is 0 Å². The van der Waals surface area contributed by atoms with Gasteiger partial charge in [-0.25, -0.2) is 22.0 Å². The molecule has 0 heterocycles. The number of benzene rings is 2. The molecule has 0 aliphatic rings. The second kappa shape index (κ2) is 6.46. The van der Waals surface area contributed by atoms with E-state index in [1.165, 1.54) is 24.3 Å². The number of hydrogen-bond acceptors (Lipinski definition) is 4. The van der Waals surface area contributed by atoms with E-state index in [1.807, 2.05) is 0 Å². The fraction of sp³-hybridized carbons (Fsp3) is 0. The first-order valence-electron chi connectivity index (χ1n) is 5.81. The van der Waals surface area contributed by atoms with Gasteiger partial charge in [0, 0.05) is 0 Å². The molecule has 0 saturated carbocycles. The maximum Gasteiger partial charge on any atom is 0.263 e. The zero-order valence-corrected chi connectivity index (χ0v) is 15.0. The van der Waals surface area contributed by atoms with Crippen LogP contribution in [0.3, 0.4) is 0 Å². The second-order valence-corrected chi connectivity index (χ2v) is 8.81. The Morgan fingerprint density at radius 1 is 0.870 bits per heavy atom. The Morgan fingerprint density at radius 3 is 2.09 bits per heavy atom. The van der Waals surface area contributed by atoms with Crippen LogP contribution in [0.4, 0.5) is 5.69 Å². The molecule has 0 aliphatic heterocycles. The molecule has 11 heteroatoms. The summed E-state index contributed by atoms with van der Waals surface area (Å²) < 4.78 is 49.5. The average Bonchev–Trinajstić information content (AvgIpc) is 2.41. The molecule has 2 aromatic rings. The molecule has 23 heavy (non-hydrogen) atoms. The Kier molecular flexibility index (Phi) is 5.15. The van der Waals surface area contributed by atoms with Crippen LogP contribution in [0, 0.1) is 0 Å². The zero-order chi connectivity index (χ0) is 17.4. The third-order valence-corrected chi connectivity index (χ3v) is 6.16. The van der Waals surface area contributed by atoms with Crippen molar-refractivity contribution in [2.45, 2.75) is 9.79 Å². The number of primary sulfonamides is 1. The molecule has 0 bridgehead atoms. The van der Waals surface area contributed by atoms with Crippen molar-refractivity contribution in [2.75, 3.05) is 4.72 Å². The molecule has 0 atom stereocenters. The number of sulfonamides is 2. The molecule has 0 amide bonds. The summed E-state index contributed by atoms with van der Waals surface area (Å²) in [6.07, 6.45) is 0. The van der Waals surface area contributed by atoms with Crippen molar-refractivity contribution in [3.05, 3.63) is 51.5 Å². The predicted molar refractivity (Wildman–Crippen MR) is 90.1 cm³/mol. The van der Waals surface area contributed by atoms with Crippen molar-refractivity contribution >= 4 is 60.5 Å². The summed E-state index contributed by atoms with van der Waals surface area (Å²) in [5, 5.41) is 4.99. The number of nitrogens with two attached hydrogens (primary N) is 1. The van der Waals surface area contributed by atoms with Crippen molar-refractivity contribution in [1.82, 2.24) is 0 Å². The average molecular weight is 416 g/mol. The van der Waals surface area contributed by atoms with Gasteiger partial charge in [0.05, 0.1) is 25.7 Å². The van der Waals surface area contributed by atoms with Crippen LogP contribution in [0.2, 0.25) is 15.1 Å². The van der Waals surface area contributed by atoms with Gasteiger partial charge in [-0.1, -0.05) is 40.9 Å². The third kappa shape index (κ3) is 4.28. The lowest BCUT2D eigenvalue weighted by molar-refractivity contribution is 0.596. The van der Waals surface area contributed by atoms with E-state index >= 15 is 0 Å². The fourth-order valence-electron chi connectivity index (χ4n) is 1.66. The highest BCUT2D eigenvalue weighted by atomic mass is 35.5. The molecule has 124 valence electrons. The first-order valence-corrected chi connectivity index (χ1v) is 9.97. The van der Waals surface area contributed by atoms with Gasteiger partial charge in [0.2, 0.25) is 10.0 Å². The van der Waals surface area contributed by atoms with E-state index in [0.29, 0.717) is 0 Å². The number of halogens is 3. The molecule has 0 saturated heterocycles. The second-order valence-electron chi connectivity index (χ2n) is 4.38. The smallest absolute Gasteiger partial charge is 0.263 e. The monoisotopic (exact) mass is 414 g/mol. The van der Waals surface area contributed by atoms with Crippen molar-refractivity contribution in [2.24, 2.45) is 5.14 Å². The third-order valence-electron chi connectivity index (χ3n) is 2.68. The van der Waals surface area contributed by atoms with Gasteiger partial charge >= 0.3 is 0 Å². The molecule has 6 nitrogen and oxygen atoms in total. The molecule has 0 radical (unpaired) electrons. The van der Waals surface area contributed by atoms with E-state index in [0.717, 1.165) is 12.1 Å². The summed E-state index contributed by atoms with van der Waals surface area (Å²) in [6.45, 7) is 0. The quantitative estimate of drug-likeness (QED) is 0.748. The maximum absolute atomic E-state index is 12.4. The van der Waals surface area contributed by atoms with Crippen LogP contribution in [-0.2, 0) is 20.0 Å². The molecule has 3 N–H and O–H groups in total. The SMILES string of the molecule is NS(=O)(=O)c1cccc(NS(=O)(=O)c2cc(Cl)c(Cl)cc2Cl)c1. The highest BCUT2D eigenvalue weighted by Gasteiger charge is 2.21. The minimum atomic E-state index is -4.11. The van der Waals surface area contributed by atoms with E-state index < -0.39 is 20.0 Å². The lowest BCUT2D eigenvalue weighted by atomic mass is 10.3. The minimum absolute atomic E-state index is 0.00124. The van der Waals surface area contributed by atoms with Gasteiger partial charge in [0.25, 0.3) is 10.0 Å². The maximum atomic E-state index is 12.4. The zero-order valence-electron chi connectivity index (χ0n) is 11.1. The first-order chi connectivity index (χ1) is 10.5. The highest BCUT2D eigenvalue weighted by molar-refractivity contribution is 7.93. The van der Waals surface area contributed by atoms with Crippen LogP contribution in [-0.4, -0.2) is 16.8 Å². The molecule has 0 spiro atoms. The first kappa shape index (κ1) is 18.3. The van der Waals surface area contributed by atoms with Crippen LogP contribution in [0.25, 0.3) is 0 Å². The summed E-state index contributed by atoms with van der Waals surface area (Å²) in [4.78, 5) is -0.535. The van der Waals surface area contributed by atoms with Crippen molar-refractivity contribution < 1.29 is 16.8 Å². The Morgan fingerprint density at radius 2 is 1.48 bits per heavy atom. The number of hydrogen-bond donors (Lipinski definition) is 2. The van der Waals surface area contributed by atoms with Crippen LogP contribution in [0.1, 0.15) is 0 Å².